The van der Waals surface area contributed by atoms with E-state index in [1.807, 2.05) is 0 Å². The molecule has 6 nitrogen and oxygen atoms in total. The molecule has 1 N–H and O–H groups in total. The third kappa shape index (κ3) is 2.91. The summed E-state index contributed by atoms with van der Waals surface area (Å²) >= 11 is 5.86. The molecule has 1 atom stereocenters. The maximum Gasteiger partial charge on any atom is 0.311 e. The molecule has 26 heavy (non-hydrogen) atoms. The fourth-order valence-corrected chi connectivity index (χ4v) is 6.24. The number of benzene rings is 1. The Labute approximate surface area is 158 Å². The molecule has 8 heteroatoms. The van der Waals surface area contributed by atoms with Crippen molar-refractivity contribution in [3.8, 4) is 0 Å². The van der Waals surface area contributed by atoms with Crippen LogP contribution in [-0.2, 0) is 19.4 Å². The van der Waals surface area contributed by atoms with Crippen LogP contribution in [0.2, 0.25) is 5.02 Å². The molecule has 0 radical (unpaired) electrons. The van der Waals surface area contributed by atoms with Gasteiger partial charge in [-0.3, -0.25) is 9.59 Å². The zero-order chi connectivity index (χ0) is 19.2. The second-order valence-corrected chi connectivity index (χ2v) is 10.2. The van der Waals surface area contributed by atoms with Crippen LogP contribution in [0.5, 0.6) is 0 Å². The third-order valence-corrected chi connectivity index (χ3v) is 8.47. The Balaban J connectivity index is 1.97. The van der Waals surface area contributed by atoms with Crippen LogP contribution in [0.4, 0.5) is 0 Å². The van der Waals surface area contributed by atoms with Crippen molar-refractivity contribution in [2.45, 2.75) is 48.7 Å². The molecular formula is C18H22ClNO5S. The number of carbonyl (C=O) groups is 2. The molecule has 0 spiro atoms. The van der Waals surface area contributed by atoms with Crippen LogP contribution in [0.25, 0.3) is 0 Å². The summed E-state index contributed by atoms with van der Waals surface area (Å²) in [5, 5.41) is 9.82. The smallest absolute Gasteiger partial charge is 0.311 e. The lowest BCUT2D eigenvalue weighted by Gasteiger charge is -2.32. The SMILES string of the molecule is C[C@]1(C(=O)O)CCN(C(=O)C2(S(=O)(=O)c3ccc(Cl)cc3)CCCC2)C1. The zero-order valence-electron chi connectivity index (χ0n) is 14.6. The van der Waals surface area contributed by atoms with Crippen molar-refractivity contribution >= 4 is 33.3 Å². The standard InChI is InChI=1S/C18H22ClNO5S/c1-17(16(22)23)10-11-20(12-17)15(21)18(8-2-3-9-18)26(24,25)14-6-4-13(19)5-7-14/h4-7H,2-3,8-12H2,1H3,(H,22,23)/t17-/m0/s1. The zero-order valence-corrected chi connectivity index (χ0v) is 16.1. The number of sulfone groups is 1. The first-order valence-electron chi connectivity index (χ1n) is 8.65. The number of carboxylic acid groups (broad SMARTS) is 1. The number of carboxylic acids is 1. The number of rotatable bonds is 4. The van der Waals surface area contributed by atoms with Gasteiger partial charge in [0.15, 0.2) is 14.6 Å². The largest absolute Gasteiger partial charge is 0.481 e. The molecule has 0 bridgehead atoms. The molecule has 3 rings (SSSR count). The minimum atomic E-state index is -3.91. The fourth-order valence-electron chi connectivity index (χ4n) is 3.98. The van der Waals surface area contributed by atoms with Crippen molar-refractivity contribution in [1.29, 1.82) is 0 Å². The molecule has 2 aliphatic rings. The van der Waals surface area contributed by atoms with Crippen molar-refractivity contribution in [2.75, 3.05) is 13.1 Å². The number of halogens is 1. The van der Waals surface area contributed by atoms with E-state index in [1.165, 1.54) is 29.2 Å². The van der Waals surface area contributed by atoms with Crippen LogP contribution in [0.1, 0.15) is 39.0 Å². The summed E-state index contributed by atoms with van der Waals surface area (Å²) in [6.45, 7) is 1.90. The van der Waals surface area contributed by atoms with Crippen molar-refractivity contribution < 1.29 is 23.1 Å². The summed E-state index contributed by atoms with van der Waals surface area (Å²) in [6, 6.07) is 5.85. The number of amides is 1. The molecule has 1 amide bonds. The lowest BCUT2D eigenvalue weighted by Crippen LogP contribution is -2.52. The van der Waals surface area contributed by atoms with E-state index in [0.717, 1.165) is 0 Å². The Morgan fingerprint density at radius 2 is 1.69 bits per heavy atom. The lowest BCUT2D eigenvalue weighted by atomic mass is 9.90. The van der Waals surface area contributed by atoms with Gasteiger partial charge >= 0.3 is 5.97 Å². The van der Waals surface area contributed by atoms with Gasteiger partial charge < -0.3 is 10.0 Å². The van der Waals surface area contributed by atoms with Crippen molar-refractivity contribution in [3.05, 3.63) is 29.3 Å². The second-order valence-electron chi connectivity index (χ2n) is 7.50. The first-order valence-corrected chi connectivity index (χ1v) is 10.5. The highest BCUT2D eigenvalue weighted by molar-refractivity contribution is 7.93. The number of likely N-dealkylation sites (tertiary alicyclic amines) is 1. The quantitative estimate of drug-likeness (QED) is 0.840. The van der Waals surface area contributed by atoms with E-state index < -0.39 is 31.9 Å². The van der Waals surface area contributed by atoms with Gasteiger partial charge in [0.1, 0.15) is 0 Å². The van der Waals surface area contributed by atoms with Crippen LogP contribution in [-0.4, -0.2) is 48.1 Å². The predicted molar refractivity (Wildman–Crippen MR) is 96.8 cm³/mol. The molecule has 1 aliphatic heterocycles. The number of nitrogens with zero attached hydrogens (tertiary/aromatic N) is 1. The van der Waals surface area contributed by atoms with Gasteiger partial charge in [-0.15, -0.1) is 0 Å². The van der Waals surface area contributed by atoms with Gasteiger partial charge in [0.2, 0.25) is 5.91 Å². The highest BCUT2D eigenvalue weighted by Crippen LogP contribution is 2.44. The Morgan fingerprint density at radius 1 is 1.12 bits per heavy atom. The van der Waals surface area contributed by atoms with E-state index in [-0.39, 0.29) is 30.8 Å². The Morgan fingerprint density at radius 3 is 2.19 bits per heavy atom. The first kappa shape index (κ1) is 19.2. The van der Waals surface area contributed by atoms with Gasteiger partial charge in [-0.1, -0.05) is 24.4 Å². The normalized spacial score (nSPS) is 25.4. The summed E-state index contributed by atoms with van der Waals surface area (Å²) in [4.78, 5) is 26.3. The minimum absolute atomic E-state index is 0.0407. The highest BCUT2D eigenvalue weighted by Gasteiger charge is 2.56. The van der Waals surface area contributed by atoms with Gasteiger partial charge in [-0.2, -0.15) is 0 Å². The van der Waals surface area contributed by atoms with Crippen molar-refractivity contribution in [1.82, 2.24) is 4.90 Å². The highest BCUT2D eigenvalue weighted by atomic mass is 35.5. The molecule has 1 aromatic carbocycles. The topological polar surface area (TPSA) is 91.8 Å². The fraction of sp³-hybridized carbons (Fsp3) is 0.556. The molecule has 0 unspecified atom stereocenters. The summed E-state index contributed by atoms with van der Waals surface area (Å²) in [5.41, 5.74) is -1.03. The van der Waals surface area contributed by atoms with Crippen LogP contribution in [0, 0.1) is 5.41 Å². The maximum absolute atomic E-state index is 13.4. The maximum atomic E-state index is 13.4. The molecule has 1 saturated heterocycles. The minimum Gasteiger partial charge on any atom is -0.481 e. The van der Waals surface area contributed by atoms with Gasteiger partial charge in [0.25, 0.3) is 0 Å². The molecule has 1 saturated carbocycles. The molecular weight excluding hydrogens is 378 g/mol. The monoisotopic (exact) mass is 399 g/mol. The average Bonchev–Trinajstić information content (AvgIpc) is 3.23. The molecule has 1 aliphatic carbocycles. The van der Waals surface area contributed by atoms with Gasteiger partial charge in [0, 0.05) is 18.1 Å². The summed E-state index contributed by atoms with van der Waals surface area (Å²) in [5.74, 6) is -1.43. The summed E-state index contributed by atoms with van der Waals surface area (Å²) in [7, 11) is -3.91. The van der Waals surface area contributed by atoms with E-state index in [0.29, 0.717) is 24.3 Å². The van der Waals surface area contributed by atoms with Crippen LogP contribution in [0.15, 0.2) is 29.2 Å². The van der Waals surface area contributed by atoms with E-state index in [1.54, 1.807) is 6.92 Å². The average molecular weight is 400 g/mol. The molecule has 0 aromatic heterocycles. The Hall–Kier alpha value is -1.60. The number of carbonyl (C=O) groups excluding carboxylic acids is 1. The van der Waals surface area contributed by atoms with Crippen molar-refractivity contribution in [2.24, 2.45) is 5.41 Å². The second kappa shape index (κ2) is 6.53. The number of hydrogen-bond acceptors (Lipinski definition) is 4. The third-order valence-electron chi connectivity index (χ3n) is 5.72. The molecule has 1 aromatic rings. The van der Waals surface area contributed by atoms with Crippen molar-refractivity contribution in [3.63, 3.8) is 0 Å². The Kier molecular flexibility index (Phi) is 4.82. The van der Waals surface area contributed by atoms with E-state index in [2.05, 4.69) is 0 Å². The van der Waals surface area contributed by atoms with E-state index >= 15 is 0 Å². The Bertz CT molecular complexity index is 830. The van der Waals surface area contributed by atoms with Crippen LogP contribution >= 0.6 is 11.6 Å². The summed E-state index contributed by atoms with van der Waals surface area (Å²) < 4.78 is 25.2. The van der Waals surface area contributed by atoms with Gasteiger partial charge in [-0.25, -0.2) is 8.42 Å². The van der Waals surface area contributed by atoms with Gasteiger partial charge in [0.05, 0.1) is 10.3 Å². The predicted octanol–water partition coefficient (Wildman–Crippen LogP) is 2.75. The van der Waals surface area contributed by atoms with E-state index in [4.69, 9.17) is 11.6 Å². The summed E-state index contributed by atoms with van der Waals surface area (Å²) in [6.07, 6.45) is 2.16. The number of aliphatic carboxylic acids is 1. The first-order chi connectivity index (χ1) is 12.1. The molecule has 142 valence electrons. The van der Waals surface area contributed by atoms with Crippen LogP contribution in [0.3, 0.4) is 0 Å². The lowest BCUT2D eigenvalue weighted by molar-refractivity contribution is -0.147. The van der Waals surface area contributed by atoms with E-state index in [9.17, 15) is 23.1 Å². The number of hydrogen-bond donors (Lipinski definition) is 1. The van der Waals surface area contributed by atoms with Gasteiger partial charge in [-0.05, 0) is 50.5 Å². The molecule has 2 fully saturated rings. The van der Waals surface area contributed by atoms with Crippen LogP contribution < -0.4 is 0 Å². The molecule has 1 heterocycles.